The zero-order valence-electron chi connectivity index (χ0n) is 12.0. The average Bonchev–Trinajstić information content (AvgIpc) is 3.12. The molecule has 20 heavy (non-hydrogen) atoms. The van der Waals surface area contributed by atoms with E-state index in [0.717, 1.165) is 43.5 Å². The molecular formula is C13H19N7. The van der Waals surface area contributed by atoms with E-state index in [1.54, 1.807) is 0 Å². The molecule has 1 fully saturated rings. The Balaban J connectivity index is 1.52. The second-order valence-corrected chi connectivity index (χ2v) is 5.83. The lowest BCUT2D eigenvalue weighted by Gasteiger charge is -2.27. The quantitative estimate of drug-likeness (QED) is 0.829. The van der Waals surface area contributed by atoms with Gasteiger partial charge in [0.05, 0.1) is 24.8 Å². The Labute approximate surface area is 117 Å². The maximum absolute atomic E-state index is 4.66. The van der Waals surface area contributed by atoms with Crippen LogP contribution in [0.2, 0.25) is 0 Å². The number of hydrogen-bond donors (Lipinski definition) is 0. The molecule has 0 amide bonds. The van der Waals surface area contributed by atoms with Gasteiger partial charge in [0.1, 0.15) is 5.82 Å². The van der Waals surface area contributed by atoms with Gasteiger partial charge in [0.2, 0.25) is 0 Å². The Hall–Kier alpha value is -1.76. The average molecular weight is 273 g/mol. The van der Waals surface area contributed by atoms with Gasteiger partial charge in [-0.3, -0.25) is 4.90 Å². The van der Waals surface area contributed by atoms with Gasteiger partial charge in [0.15, 0.2) is 5.82 Å². The molecule has 2 aromatic rings. The summed E-state index contributed by atoms with van der Waals surface area (Å²) in [6.45, 7) is 7.96. The van der Waals surface area contributed by atoms with Crippen molar-refractivity contribution in [3.05, 3.63) is 23.0 Å². The summed E-state index contributed by atoms with van der Waals surface area (Å²) in [4.78, 5) is 7.04. The molecular weight excluding hydrogens is 254 g/mol. The Kier molecular flexibility index (Phi) is 2.63. The number of rotatable bonds is 3. The topological polar surface area (TPSA) is 64.7 Å². The van der Waals surface area contributed by atoms with Gasteiger partial charge >= 0.3 is 0 Å². The first-order valence-electron chi connectivity index (χ1n) is 7.24. The highest BCUT2D eigenvalue weighted by molar-refractivity contribution is 5.15. The third-order valence-corrected chi connectivity index (χ3v) is 4.36. The van der Waals surface area contributed by atoms with E-state index >= 15 is 0 Å². The van der Waals surface area contributed by atoms with Crippen LogP contribution in [0.15, 0.2) is 0 Å². The van der Waals surface area contributed by atoms with E-state index in [0.29, 0.717) is 6.04 Å². The highest BCUT2D eigenvalue weighted by Gasteiger charge is 2.29. The predicted molar refractivity (Wildman–Crippen MR) is 71.9 cm³/mol. The standard InChI is InChI=1S/C13H19N7/c1-9-10(2)19-6-5-18(7-12(19)14-9)8-13-15-16-17-20(13)11-3-4-11/h11H,3-8H2,1-2H3. The monoisotopic (exact) mass is 273 g/mol. The number of nitrogens with zero attached hydrogens (tertiary/aromatic N) is 7. The summed E-state index contributed by atoms with van der Waals surface area (Å²) in [7, 11) is 0. The van der Waals surface area contributed by atoms with Crippen LogP contribution in [-0.2, 0) is 19.6 Å². The van der Waals surface area contributed by atoms with Gasteiger partial charge in [-0.05, 0) is 37.1 Å². The van der Waals surface area contributed by atoms with E-state index in [-0.39, 0.29) is 0 Å². The first kappa shape index (κ1) is 12.0. The highest BCUT2D eigenvalue weighted by atomic mass is 15.6. The van der Waals surface area contributed by atoms with E-state index in [1.807, 2.05) is 4.68 Å². The van der Waals surface area contributed by atoms with Crippen LogP contribution in [0.4, 0.5) is 0 Å². The lowest BCUT2D eigenvalue weighted by molar-refractivity contribution is 0.199. The molecule has 1 saturated carbocycles. The molecule has 2 aliphatic rings. The molecule has 0 spiro atoms. The van der Waals surface area contributed by atoms with Gasteiger partial charge in [-0.1, -0.05) is 0 Å². The molecule has 0 N–H and O–H groups in total. The van der Waals surface area contributed by atoms with Crippen molar-refractivity contribution in [1.82, 2.24) is 34.7 Å². The van der Waals surface area contributed by atoms with E-state index < -0.39 is 0 Å². The third kappa shape index (κ3) is 1.93. The number of aryl methyl sites for hydroxylation is 1. The SMILES string of the molecule is Cc1nc2n(c1C)CCN(Cc1nnnn1C1CC1)C2. The maximum Gasteiger partial charge on any atom is 0.165 e. The van der Waals surface area contributed by atoms with Gasteiger partial charge in [0, 0.05) is 18.8 Å². The van der Waals surface area contributed by atoms with Crippen molar-refractivity contribution in [3.63, 3.8) is 0 Å². The van der Waals surface area contributed by atoms with Crippen molar-refractivity contribution in [2.24, 2.45) is 0 Å². The van der Waals surface area contributed by atoms with Crippen LogP contribution in [0, 0.1) is 13.8 Å². The van der Waals surface area contributed by atoms with Crippen LogP contribution in [0.3, 0.4) is 0 Å². The molecule has 0 radical (unpaired) electrons. The third-order valence-electron chi connectivity index (χ3n) is 4.36. The van der Waals surface area contributed by atoms with E-state index in [9.17, 15) is 0 Å². The molecule has 0 atom stereocenters. The maximum atomic E-state index is 4.66. The number of imidazole rings is 1. The smallest absolute Gasteiger partial charge is 0.165 e. The largest absolute Gasteiger partial charge is 0.330 e. The summed E-state index contributed by atoms with van der Waals surface area (Å²) in [5.74, 6) is 2.15. The zero-order chi connectivity index (χ0) is 13.7. The molecule has 0 bridgehead atoms. The fraction of sp³-hybridized carbons (Fsp3) is 0.692. The summed E-state index contributed by atoms with van der Waals surface area (Å²) in [6.07, 6.45) is 2.42. The van der Waals surface area contributed by atoms with Crippen molar-refractivity contribution in [2.45, 2.75) is 52.4 Å². The lowest BCUT2D eigenvalue weighted by Crippen LogP contribution is -2.34. The van der Waals surface area contributed by atoms with E-state index in [1.165, 1.54) is 18.5 Å². The number of tetrazole rings is 1. The van der Waals surface area contributed by atoms with Crippen molar-refractivity contribution in [3.8, 4) is 0 Å². The molecule has 0 unspecified atom stereocenters. The van der Waals surface area contributed by atoms with Crippen LogP contribution in [-0.4, -0.2) is 41.2 Å². The second-order valence-electron chi connectivity index (χ2n) is 5.83. The van der Waals surface area contributed by atoms with Gasteiger partial charge in [-0.25, -0.2) is 9.67 Å². The predicted octanol–water partition coefficient (Wildman–Crippen LogP) is 0.837. The van der Waals surface area contributed by atoms with Gasteiger partial charge in [0.25, 0.3) is 0 Å². The summed E-state index contributed by atoms with van der Waals surface area (Å²) >= 11 is 0. The number of hydrogen-bond acceptors (Lipinski definition) is 5. The second kappa shape index (κ2) is 4.37. The minimum absolute atomic E-state index is 0.538. The first-order chi connectivity index (χ1) is 9.72. The van der Waals surface area contributed by atoms with Gasteiger partial charge < -0.3 is 4.57 Å². The van der Waals surface area contributed by atoms with E-state index in [2.05, 4.69) is 43.8 Å². The van der Waals surface area contributed by atoms with Gasteiger partial charge in [-0.2, -0.15) is 0 Å². The first-order valence-corrected chi connectivity index (χ1v) is 7.24. The zero-order valence-corrected chi connectivity index (χ0v) is 12.0. The minimum Gasteiger partial charge on any atom is -0.330 e. The summed E-state index contributed by atoms with van der Waals surface area (Å²) in [6, 6.07) is 0.538. The normalized spacial score (nSPS) is 19.3. The van der Waals surface area contributed by atoms with Crippen LogP contribution in [0.5, 0.6) is 0 Å². The summed E-state index contributed by atoms with van der Waals surface area (Å²) in [5.41, 5.74) is 2.44. The Morgan fingerprint density at radius 2 is 2.05 bits per heavy atom. The molecule has 4 rings (SSSR count). The summed E-state index contributed by atoms with van der Waals surface area (Å²) < 4.78 is 4.33. The van der Waals surface area contributed by atoms with Crippen molar-refractivity contribution >= 4 is 0 Å². The molecule has 2 aromatic heterocycles. The molecule has 0 aromatic carbocycles. The Morgan fingerprint density at radius 3 is 2.85 bits per heavy atom. The number of aromatic nitrogens is 6. The molecule has 7 heteroatoms. The fourth-order valence-corrected chi connectivity index (χ4v) is 2.92. The minimum atomic E-state index is 0.538. The Bertz CT molecular complexity index is 637. The van der Waals surface area contributed by atoms with Crippen molar-refractivity contribution in [2.75, 3.05) is 6.54 Å². The lowest BCUT2D eigenvalue weighted by atomic mass is 10.3. The van der Waals surface area contributed by atoms with Gasteiger partial charge in [-0.15, -0.1) is 5.10 Å². The molecule has 106 valence electrons. The fourth-order valence-electron chi connectivity index (χ4n) is 2.92. The van der Waals surface area contributed by atoms with E-state index in [4.69, 9.17) is 0 Å². The molecule has 1 aliphatic carbocycles. The van der Waals surface area contributed by atoms with Crippen LogP contribution < -0.4 is 0 Å². The van der Waals surface area contributed by atoms with Crippen LogP contribution in [0.1, 0.15) is 41.9 Å². The highest BCUT2D eigenvalue weighted by Crippen LogP contribution is 2.34. The summed E-state index contributed by atoms with van der Waals surface area (Å²) in [5, 5.41) is 12.1. The Morgan fingerprint density at radius 1 is 1.20 bits per heavy atom. The molecule has 1 aliphatic heterocycles. The molecule has 7 nitrogen and oxygen atoms in total. The molecule has 3 heterocycles. The molecule has 0 saturated heterocycles. The van der Waals surface area contributed by atoms with Crippen molar-refractivity contribution < 1.29 is 0 Å². The van der Waals surface area contributed by atoms with Crippen LogP contribution >= 0.6 is 0 Å². The number of fused-ring (bicyclic) bond motifs is 1. The van der Waals surface area contributed by atoms with Crippen LogP contribution in [0.25, 0.3) is 0 Å². The van der Waals surface area contributed by atoms with Crippen molar-refractivity contribution in [1.29, 1.82) is 0 Å².